The number of nitrogens with zero attached hydrogens (tertiary/aromatic N) is 1. The topological polar surface area (TPSA) is 97.2 Å². The Balaban J connectivity index is 3.19. The summed E-state index contributed by atoms with van der Waals surface area (Å²) in [5, 5.41) is 21.1. The standard InChI is InChI=1S/C6H4NO5S/c8-5-2-1-4(7(9)10)3-6(5)13(11)12/h1-2H,3H2. The molecule has 0 saturated carbocycles. The van der Waals surface area contributed by atoms with Crippen molar-refractivity contribution >= 4 is 15.2 Å². The van der Waals surface area contributed by atoms with E-state index in [-0.39, 0.29) is 5.70 Å². The molecule has 0 aromatic carbocycles. The molecule has 13 heavy (non-hydrogen) atoms. The van der Waals surface area contributed by atoms with Crippen LogP contribution in [0.3, 0.4) is 0 Å². The highest BCUT2D eigenvalue weighted by Crippen LogP contribution is 2.14. The Morgan fingerprint density at radius 3 is 2.46 bits per heavy atom. The third-order valence-electron chi connectivity index (χ3n) is 1.48. The first kappa shape index (κ1) is 9.46. The summed E-state index contributed by atoms with van der Waals surface area (Å²) in [6.07, 6.45) is 1.46. The van der Waals surface area contributed by atoms with Crippen molar-refractivity contribution in [3.63, 3.8) is 0 Å². The molecule has 7 heteroatoms. The highest BCUT2D eigenvalue weighted by molar-refractivity contribution is 7.73. The molecule has 1 aliphatic rings. The van der Waals surface area contributed by atoms with Crippen molar-refractivity contribution in [1.29, 1.82) is 0 Å². The van der Waals surface area contributed by atoms with E-state index in [1.165, 1.54) is 0 Å². The minimum Gasteiger partial charge on any atom is -0.289 e. The Morgan fingerprint density at radius 2 is 2.00 bits per heavy atom. The zero-order valence-corrected chi connectivity index (χ0v) is 7.08. The van der Waals surface area contributed by atoms with Crippen LogP contribution >= 0.6 is 0 Å². The molecule has 0 fully saturated rings. The second-order valence-corrected chi connectivity index (χ2v) is 3.24. The lowest BCUT2D eigenvalue weighted by Gasteiger charge is -2.01. The van der Waals surface area contributed by atoms with Gasteiger partial charge in [-0.3, -0.25) is 15.2 Å². The van der Waals surface area contributed by atoms with Crippen molar-refractivity contribution in [2.24, 2.45) is 0 Å². The molecule has 0 bridgehead atoms. The summed E-state index contributed by atoms with van der Waals surface area (Å²) < 4.78 is 20.8. The molecule has 1 radical (unpaired) electrons. The molecule has 69 valence electrons. The van der Waals surface area contributed by atoms with E-state index >= 15 is 0 Å². The zero-order valence-electron chi connectivity index (χ0n) is 6.26. The smallest absolute Gasteiger partial charge is 0.251 e. The highest BCUT2D eigenvalue weighted by Gasteiger charge is 2.23. The maximum absolute atomic E-state index is 10.9. The van der Waals surface area contributed by atoms with Gasteiger partial charge < -0.3 is 0 Å². The molecule has 1 aliphatic carbocycles. The predicted molar refractivity (Wildman–Crippen MR) is 42.4 cm³/mol. The second-order valence-electron chi connectivity index (χ2n) is 2.28. The monoisotopic (exact) mass is 202 g/mol. The lowest BCUT2D eigenvalue weighted by atomic mass is 10.1. The van der Waals surface area contributed by atoms with Crippen LogP contribution in [0.4, 0.5) is 0 Å². The van der Waals surface area contributed by atoms with Gasteiger partial charge in [0.2, 0.25) is 10.3 Å². The first-order chi connectivity index (χ1) is 6.02. The third-order valence-corrected chi connectivity index (χ3v) is 2.23. The first-order valence-electron chi connectivity index (χ1n) is 3.20. The van der Waals surface area contributed by atoms with Gasteiger partial charge in [0.25, 0.3) is 5.70 Å². The van der Waals surface area contributed by atoms with Crippen LogP contribution in [-0.2, 0) is 15.4 Å². The summed E-state index contributed by atoms with van der Waals surface area (Å²) in [4.78, 5) is 9.04. The Kier molecular flexibility index (Phi) is 2.47. The minimum atomic E-state index is -2.68. The van der Waals surface area contributed by atoms with Gasteiger partial charge in [-0.25, -0.2) is 0 Å². The molecule has 0 aromatic rings. The van der Waals surface area contributed by atoms with E-state index in [0.29, 0.717) is 0 Å². The molecule has 0 amide bonds. The fourth-order valence-corrected chi connectivity index (χ4v) is 1.34. The van der Waals surface area contributed by atoms with Gasteiger partial charge in [-0.05, 0) is 6.08 Å². The van der Waals surface area contributed by atoms with Gasteiger partial charge in [0, 0.05) is 6.08 Å². The average molecular weight is 202 g/mol. The maximum Gasteiger partial charge on any atom is 0.251 e. The number of nitro groups is 1. The lowest BCUT2D eigenvalue weighted by molar-refractivity contribution is -0.426. The van der Waals surface area contributed by atoms with Gasteiger partial charge in [-0.2, -0.15) is 8.42 Å². The Hall–Kier alpha value is -1.63. The largest absolute Gasteiger partial charge is 0.289 e. The number of rotatable bonds is 1. The van der Waals surface area contributed by atoms with Gasteiger partial charge >= 0.3 is 0 Å². The molecule has 0 unspecified atom stereocenters. The summed E-state index contributed by atoms with van der Waals surface area (Å²) in [7, 11) is -2.68. The van der Waals surface area contributed by atoms with Gasteiger partial charge in [-0.15, -0.1) is 0 Å². The summed E-state index contributed by atoms with van der Waals surface area (Å²) in [5.74, 6) is -0.695. The molecular weight excluding hydrogens is 198 g/mol. The molecular formula is C6H4NO5S. The number of hydrogen-bond donors (Lipinski definition) is 0. The predicted octanol–water partition coefficient (Wildman–Crippen LogP) is -0.0834. The summed E-state index contributed by atoms with van der Waals surface area (Å²) in [6.45, 7) is 0. The van der Waals surface area contributed by atoms with Crippen LogP contribution in [0.15, 0.2) is 23.6 Å². The van der Waals surface area contributed by atoms with Crippen LogP contribution in [0.25, 0.3) is 0 Å². The Bertz CT molecular complexity index is 434. The quantitative estimate of drug-likeness (QED) is 0.337. The van der Waals surface area contributed by atoms with E-state index in [1.807, 2.05) is 0 Å². The molecule has 0 aliphatic heterocycles. The van der Waals surface area contributed by atoms with Gasteiger partial charge in [0.15, 0.2) is 5.76 Å². The molecule has 0 N–H and O–H groups in total. The first-order valence-corrected chi connectivity index (χ1v) is 4.27. The maximum atomic E-state index is 10.9. The van der Waals surface area contributed by atoms with Gasteiger partial charge in [0.1, 0.15) is 4.86 Å². The van der Waals surface area contributed by atoms with Crippen molar-refractivity contribution in [2.45, 2.75) is 6.42 Å². The highest BCUT2D eigenvalue weighted by atomic mass is 32.2. The lowest BCUT2D eigenvalue weighted by Crippen LogP contribution is -2.12. The molecule has 0 spiro atoms. The molecule has 6 nitrogen and oxygen atoms in total. The van der Waals surface area contributed by atoms with E-state index < -0.39 is 32.3 Å². The SMILES string of the molecule is [O]C1=CC=C([N+](=O)[O-])CC1=S(=O)=O. The van der Waals surface area contributed by atoms with Crippen molar-refractivity contribution in [3.05, 3.63) is 33.7 Å². The van der Waals surface area contributed by atoms with E-state index in [4.69, 9.17) is 0 Å². The van der Waals surface area contributed by atoms with Crippen LogP contribution < -0.4 is 0 Å². The van der Waals surface area contributed by atoms with Crippen LogP contribution in [0.5, 0.6) is 0 Å². The van der Waals surface area contributed by atoms with E-state index in [0.717, 1.165) is 12.2 Å². The second kappa shape index (κ2) is 3.40. The van der Waals surface area contributed by atoms with Gasteiger partial charge in [0.05, 0.1) is 11.3 Å². The Labute approximate surface area is 74.5 Å². The van der Waals surface area contributed by atoms with Gasteiger partial charge in [-0.1, -0.05) is 0 Å². The zero-order chi connectivity index (χ0) is 10.0. The normalized spacial score (nSPS) is 16.2. The van der Waals surface area contributed by atoms with Crippen molar-refractivity contribution in [1.82, 2.24) is 0 Å². The van der Waals surface area contributed by atoms with Crippen LogP contribution in [-0.4, -0.2) is 18.2 Å². The van der Waals surface area contributed by atoms with Crippen LogP contribution in [0.2, 0.25) is 0 Å². The van der Waals surface area contributed by atoms with E-state index in [2.05, 4.69) is 0 Å². The third kappa shape index (κ3) is 1.94. The molecule has 0 aromatic heterocycles. The average Bonchev–Trinajstić information content (AvgIpc) is 2.04. The van der Waals surface area contributed by atoms with Crippen molar-refractivity contribution in [2.75, 3.05) is 0 Å². The minimum absolute atomic E-state index is 0.293. The summed E-state index contributed by atoms with van der Waals surface area (Å²) >= 11 is 0. The number of hydrogen-bond acceptors (Lipinski definition) is 4. The fourth-order valence-electron chi connectivity index (χ4n) is 0.842. The van der Waals surface area contributed by atoms with Crippen LogP contribution in [0.1, 0.15) is 6.42 Å². The van der Waals surface area contributed by atoms with Crippen LogP contribution in [0, 0.1) is 10.1 Å². The molecule has 1 rings (SSSR count). The summed E-state index contributed by atoms with van der Waals surface area (Å²) in [5.41, 5.74) is -0.293. The summed E-state index contributed by atoms with van der Waals surface area (Å²) in [6, 6.07) is 0. The van der Waals surface area contributed by atoms with E-state index in [1.54, 1.807) is 0 Å². The van der Waals surface area contributed by atoms with Crippen molar-refractivity contribution < 1.29 is 18.4 Å². The van der Waals surface area contributed by atoms with E-state index in [9.17, 15) is 23.6 Å². The molecule has 0 atom stereocenters. The molecule has 0 saturated heterocycles. The van der Waals surface area contributed by atoms with Crippen molar-refractivity contribution in [3.8, 4) is 0 Å². The molecule has 0 heterocycles. The fraction of sp³-hybridized carbons (Fsp3) is 0.167. The number of allylic oxidation sites excluding steroid dienone is 4. The Morgan fingerprint density at radius 1 is 1.38 bits per heavy atom.